The van der Waals surface area contributed by atoms with Crippen molar-refractivity contribution in [1.82, 2.24) is 5.32 Å². The molecule has 5 heteroatoms. The molecule has 1 rings (SSSR count). The van der Waals surface area contributed by atoms with Gasteiger partial charge in [0.15, 0.2) is 5.57 Å². The van der Waals surface area contributed by atoms with Crippen LogP contribution < -0.4 is 5.32 Å². The fourth-order valence-corrected chi connectivity index (χ4v) is 2.11. The topological polar surface area (TPSA) is 64.6 Å². The molecule has 21 heavy (non-hydrogen) atoms. The first-order valence-corrected chi connectivity index (χ1v) is 7.69. The quantitative estimate of drug-likeness (QED) is 0.353. The lowest BCUT2D eigenvalue weighted by molar-refractivity contribution is -0.146. The molecule has 0 atom stereocenters. The third-order valence-corrected chi connectivity index (χ3v) is 3.18. The Kier molecular flexibility index (Phi) is 8.24. The first-order valence-electron chi connectivity index (χ1n) is 7.69. The zero-order chi connectivity index (χ0) is 15.5. The molecule has 118 valence electrons. The van der Waals surface area contributed by atoms with Gasteiger partial charge in [-0.25, -0.2) is 9.59 Å². The molecule has 1 aliphatic carbocycles. The number of nitrogens with one attached hydrogen (secondary N) is 1. The van der Waals surface area contributed by atoms with Crippen LogP contribution in [-0.4, -0.2) is 25.2 Å². The zero-order valence-corrected chi connectivity index (χ0v) is 12.9. The summed E-state index contributed by atoms with van der Waals surface area (Å²) in [6.07, 6.45) is 10.2. The minimum Gasteiger partial charge on any atom is -0.462 e. The fraction of sp³-hybridized carbons (Fsp3) is 0.625. The summed E-state index contributed by atoms with van der Waals surface area (Å²) >= 11 is 0. The van der Waals surface area contributed by atoms with Crippen LogP contribution >= 0.6 is 0 Å². The lowest BCUT2D eigenvalue weighted by atomic mass is 10.0. The van der Waals surface area contributed by atoms with Crippen LogP contribution in [0.25, 0.3) is 0 Å². The molecule has 5 nitrogen and oxygen atoms in total. The van der Waals surface area contributed by atoms with E-state index in [9.17, 15) is 9.59 Å². The Morgan fingerprint density at radius 3 is 2.33 bits per heavy atom. The molecule has 0 amide bonds. The van der Waals surface area contributed by atoms with Gasteiger partial charge >= 0.3 is 11.9 Å². The van der Waals surface area contributed by atoms with E-state index in [1.807, 2.05) is 0 Å². The van der Waals surface area contributed by atoms with E-state index in [-0.39, 0.29) is 18.8 Å². The second-order valence-corrected chi connectivity index (χ2v) is 4.83. The summed E-state index contributed by atoms with van der Waals surface area (Å²) in [4.78, 5) is 23.6. The van der Waals surface area contributed by atoms with Crippen LogP contribution in [0.5, 0.6) is 0 Å². The average Bonchev–Trinajstić information content (AvgIpc) is 2.41. The molecule has 0 unspecified atom stereocenters. The Balaban J connectivity index is 2.75. The number of esters is 2. The molecule has 0 bridgehead atoms. The van der Waals surface area contributed by atoms with Gasteiger partial charge in [0.25, 0.3) is 0 Å². The molecule has 0 fully saturated rings. The number of allylic oxidation sites excluding steroid dienone is 2. The highest BCUT2D eigenvalue weighted by Crippen LogP contribution is 2.15. The first kappa shape index (κ1) is 17.3. The number of ether oxygens (including phenoxy) is 2. The van der Waals surface area contributed by atoms with Gasteiger partial charge < -0.3 is 14.8 Å². The molecule has 0 aliphatic heterocycles. The molecular weight excluding hydrogens is 270 g/mol. The van der Waals surface area contributed by atoms with E-state index in [0.717, 1.165) is 25.0 Å². The second kappa shape index (κ2) is 10.0. The highest BCUT2D eigenvalue weighted by Gasteiger charge is 2.21. The van der Waals surface area contributed by atoms with E-state index in [1.165, 1.54) is 25.5 Å². The minimum absolute atomic E-state index is 0.0957. The standard InChI is InChI=1S/C16H25NO4/c1-3-20-15(18)14(16(19)21-4-2)12-17-13-10-8-6-5-7-9-11-13/h10,12,17H,3-9,11H2,1-2H3/b13-10+. The van der Waals surface area contributed by atoms with Gasteiger partial charge in [-0.1, -0.05) is 18.9 Å². The number of hydrogen-bond donors (Lipinski definition) is 1. The lowest BCUT2D eigenvalue weighted by Gasteiger charge is -2.12. The van der Waals surface area contributed by atoms with Crippen LogP contribution in [0.1, 0.15) is 52.4 Å². The zero-order valence-electron chi connectivity index (χ0n) is 12.9. The van der Waals surface area contributed by atoms with Crippen molar-refractivity contribution >= 4 is 11.9 Å². The predicted octanol–water partition coefficient (Wildman–Crippen LogP) is 2.82. The van der Waals surface area contributed by atoms with Crippen molar-refractivity contribution in [2.24, 2.45) is 0 Å². The molecule has 1 N–H and O–H groups in total. The van der Waals surface area contributed by atoms with Crippen LogP contribution in [0.3, 0.4) is 0 Å². The Morgan fingerprint density at radius 1 is 1.10 bits per heavy atom. The number of carbonyl (C=O) groups is 2. The summed E-state index contributed by atoms with van der Waals surface area (Å²) in [5, 5.41) is 3.07. The molecule has 0 radical (unpaired) electrons. The van der Waals surface area contributed by atoms with Crippen molar-refractivity contribution in [3.8, 4) is 0 Å². The Morgan fingerprint density at radius 2 is 1.71 bits per heavy atom. The predicted molar refractivity (Wildman–Crippen MR) is 80.3 cm³/mol. The van der Waals surface area contributed by atoms with Gasteiger partial charge in [-0.05, 0) is 39.5 Å². The summed E-state index contributed by atoms with van der Waals surface area (Å²) < 4.78 is 9.78. The summed E-state index contributed by atoms with van der Waals surface area (Å²) in [5.74, 6) is -1.32. The first-order chi connectivity index (χ1) is 10.2. The van der Waals surface area contributed by atoms with Gasteiger partial charge in [0, 0.05) is 11.9 Å². The van der Waals surface area contributed by atoms with Crippen molar-refractivity contribution in [2.45, 2.75) is 52.4 Å². The van der Waals surface area contributed by atoms with Crippen LogP contribution in [0.15, 0.2) is 23.5 Å². The summed E-state index contributed by atoms with van der Waals surface area (Å²) in [6, 6.07) is 0. The lowest BCUT2D eigenvalue weighted by Crippen LogP contribution is -2.21. The van der Waals surface area contributed by atoms with Crippen LogP contribution in [0, 0.1) is 0 Å². The SMILES string of the molecule is CCOC(=O)C(=CN/C1=C/CCCCCC1)C(=O)OCC. The number of rotatable bonds is 6. The molecule has 0 heterocycles. The molecular formula is C16H25NO4. The van der Waals surface area contributed by atoms with Gasteiger partial charge in [-0.3, -0.25) is 0 Å². The van der Waals surface area contributed by atoms with Crippen molar-refractivity contribution < 1.29 is 19.1 Å². The van der Waals surface area contributed by atoms with Gasteiger partial charge in [-0.2, -0.15) is 0 Å². The minimum atomic E-state index is -0.658. The van der Waals surface area contributed by atoms with E-state index in [1.54, 1.807) is 13.8 Å². The summed E-state index contributed by atoms with van der Waals surface area (Å²) in [6.45, 7) is 3.84. The Hall–Kier alpha value is -1.78. The van der Waals surface area contributed by atoms with Gasteiger partial charge in [0.05, 0.1) is 13.2 Å². The summed E-state index contributed by atoms with van der Waals surface area (Å²) in [5.41, 5.74) is 0.947. The molecule has 0 aromatic rings. The molecule has 0 aromatic heterocycles. The number of hydrogen-bond acceptors (Lipinski definition) is 5. The monoisotopic (exact) mass is 295 g/mol. The van der Waals surface area contributed by atoms with Crippen molar-refractivity contribution in [2.75, 3.05) is 13.2 Å². The van der Waals surface area contributed by atoms with Gasteiger partial charge in [0.2, 0.25) is 0 Å². The molecule has 0 saturated heterocycles. The van der Waals surface area contributed by atoms with Crippen LogP contribution in [-0.2, 0) is 19.1 Å². The number of carbonyl (C=O) groups excluding carboxylic acids is 2. The fourth-order valence-electron chi connectivity index (χ4n) is 2.11. The molecule has 1 aliphatic rings. The van der Waals surface area contributed by atoms with Crippen LogP contribution in [0.4, 0.5) is 0 Å². The van der Waals surface area contributed by atoms with Crippen molar-refractivity contribution in [1.29, 1.82) is 0 Å². The maximum atomic E-state index is 11.8. The smallest absolute Gasteiger partial charge is 0.347 e. The molecule has 0 aromatic carbocycles. The Labute approximate surface area is 126 Å². The van der Waals surface area contributed by atoms with Gasteiger partial charge in [0.1, 0.15) is 0 Å². The van der Waals surface area contributed by atoms with E-state index in [4.69, 9.17) is 9.47 Å². The third-order valence-electron chi connectivity index (χ3n) is 3.18. The van der Waals surface area contributed by atoms with Crippen LogP contribution in [0.2, 0.25) is 0 Å². The van der Waals surface area contributed by atoms with Gasteiger partial charge in [-0.15, -0.1) is 0 Å². The molecule has 0 saturated carbocycles. The highest BCUT2D eigenvalue weighted by atomic mass is 16.6. The van der Waals surface area contributed by atoms with E-state index >= 15 is 0 Å². The second-order valence-electron chi connectivity index (χ2n) is 4.83. The largest absolute Gasteiger partial charge is 0.462 e. The van der Waals surface area contributed by atoms with Crippen molar-refractivity contribution in [3.05, 3.63) is 23.5 Å². The van der Waals surface area contributed by atoms with E-state index in [0.29, 0.717) is 0 Å². The van der Waals surface area contributed by atoms with Crippen molar-refractivity contribution in [3.63, 3.8) is 0 Å². The Bertz CT molecular complexity index is 393. The average molecular weight is 295 g/mol. The third kappa shape index (κ3) is 6.47. The summed E-state index contributed by atoms with van der Waals surface area (Å²) in [7, 11) is 0. The van der Waals surface area contributed by atoms with E-state index in [2.05, 4.69) is 11.4 Å². The maximum Gasteiger partial charge on any atom is 0.347 e. The maximum absolute atomic E-state index is 11.8. The van der Waals surface area contributed by atoms with E-state index < -0.39 is 11.9 Å². The normalized spacial score (nSPS) is 17.5. The molecule has 0 spiro atoms. The highest BCUT2D eigenvalue weighted by molar-refractivity contribution is 6.13.